The third-order valence-corrected chi connectivity index (χ3v) is 5.10. The van der Waals surface area contributed by atoms with Gasteiger partial charge in [-0.25, -0.2) is 0 Å². The summed E-state index contributed by atoms with van der Waals surface area (Å²) in [5.41, 5.74) is 6.38. The van der Waals surface area contributed by atoms with Crippen molar-refractivity contribution in [3.63, 3.8) is 0 Å². The largest absolute Gasteiger partial charge is 0.377 e. The molecule has 1 heterocycles. The molecule has 110 valence electrons. The molecule has 0 bridgehead atoms. The molecule has 1 aliphatic heterocycles. The molecule has 1 aromatic carbocycles. The van der Waals surface area contributed by atoms with Crippen molar-refractivity contribution in [2.45, 2.75) is 31.9 Å². The predicted octanol–water partition coefficient (Wildman–Crippen LogP) is 1.64. The van der Waals surface area contributed by atoms with E-state index >= 15 is 0 Å². The number of hydrogen-bond donors (Lipinski definition) is 2. The molecule has 0 spiro atoms. The fraction of sp³-hybridized carbons (Fsp3) is 0.500. The maximum Gasteiger partial charge on any atom is 0.245 e. The van der Waals surface area contributed by atoms with E-state index in [1.54, 1.807) is 24.3 Å². The molecule has 1 amide bonds. The van der Waals surface area contributed by atoms with Crippen LogP contribution in [0.4, 0.5) is 5.69 Å². The molecule has 0 radical (unpaired) electrons. The molecule has 3 N–H and O–H groups in total. The van der Waals surface area contributed by atoms with Gasteiger partial charge in [0.05, 0.1) is 17.7 Å². The molecule has 1 aromatic rings. The summed E-state index contributed by atoms with van der Waals surface area (Å²) >= 11 is 0. The van der Waals surface area contributed by atoms with E-state index in [9.17, 15) is 4.79 Å². The van der Waals surface area contributed by atoms with E-state index in [-0.39, 0.29) is 23.3 Å². The molecular weight excluding hydrogens is 266 g/mol. The zero-order valence-electron chi connectivity index (χ0n) is 12.2. The van der Waals surface area contributed by atoms with Crippen LogP contribution in [0.2, 0.25) is 0 Å². The average Bonchev–Trinajstić information content (AvgIpc) is 2.95. The fourth-order valence-corrected chi connectivity index (χ4v) is 3.71. The number of amides is 1. The van der Waals surface area contributed by atoms with Crippen molar-refractivity contribution in [3.05, 3.63) is 29.8 Å². The van der Waals surface area contributed by atoms with Crippen molar-refractivity contribution in [3.8, 4) is 6.07 Å². The van der Waals surface area contributed by atoms with Gasteiger partial charge in [0.25, 0.3) is 0 Å². The van der Waals surface area contributed by atoms with Crippen LogP contribution in [-0.4, -0.2) is 24.2 Å². The highest BCUT2D eigenvalue weighted by atomic mass is 16.5. The van der Waals surface area contributed by atoms with E-state index in [2.05, 4.69) is 5.32 Å². The number of benzene rings is 1. The highest BCUT2D eigenvalue weighted by molar-refractivity contribution is 6.00. The number of carbonyl (C=O) groups excluding carboxylic acids is 1. The van der Waals surface area contributed by atoms with Crippen LogP contribution in [0.25, 0.3) is 0 Å². The van der Waals surface area contributed by atoms with Gasteiger partial charge in [-0.15, -0.1) is 0 Å². The Labute approximate surface area is 124 Å². The first kappa shape index (κ1) is 14.1. The van der Waals surface area contributed by atoms with Gasteiger partial charge >= 0.3 is 0 Å². The molecule has 5 nitrogen and oxygen atoms in total. The van der Waals surface area contributed by atoms with Crippen molar-refractivity contribution in [2.24, 2.45) is 17.1 Å². The van der Waals surface area contributed by atoms with Gasteiger partial charge in [0.1, 0.15) is 5.54 Å². The van der Waals surface area contributed by atoms with Crippen LogP contribution in [0, 0.1) is 22.7 Å². The standard InChI is InChI=1S/C16H19N3O2/c1-15(2)13-12(7-8-21-13)16(15,18)14(20)19-11-5-3-10(9-17)4-6-11/h3-6,12-13H,7-8,18H2,1-2H3,(H,19,20). The molecule has 21 heavy (non-hydrogen) atoms. The SMILES string of the molecule is CC1(C)C2OCCC2C1(N)C(=O)Nc1ccc(C#N)cc1. The molecule has 3 unspecified atom stereocenters. The Balaban J connectivity index is 1.80. The third-order valence-electron chi connectivity index (χ3n) is 5.10. The molecule has 3 rings (SSSR count). The fourth-order valence-electron chi connectivity index (χ4n) is 3.71. The number of hydrogen-bond acceptors (Lipinski definition) is 4. The zero-order valence-corrected chi connectivity index (χ0v) is 12.2. The number of ether oxygens (including phenoxy) is 1. The maximum atomic E-state index is 12.7. The van der Waals surface area contributed by atoms with Gasteiger partial charge in [-0.1, -0.05) is 13.8 Å². The first-order valence-corrected chi connectivity index (χ1v) is 7.13. The minimum atomic E-state index is -0.915. The van der Waals surface area contributed by atoms with Crippen LogP contribution >= 0.6 is 0 Å². The summed E-state index contributed by atoms with van der Waals surface area (Å²) in [6.45, 7) is 4.64. The van der Waals surface area contributed by atoms with Gasteiger partial charge in [0.2, 0.25) is 5.91 Å². The van der Waals surface area contributed by atoms with Gasteiger partial charge in [-0.2, -0.15) is 5.26 Å². The Morgan fingerprint density at radius 2 is 2.10 bits per heavy atom. The second-order valence-electron chi connectivity index (χ2n) is 6.42. The number of carbonyl (C=O) groups is 1. The number of nitrogens with one attached hydrogen (secondary N) is 1. The Morgan fingerprint density at radius 1 is 1.43 bits per heavy atom. The average molecular weight is 285 g/mol. The molecule has 1 aliphatic carbocycles. The van der Waals surface area contributed by atoms with Crippen molar-refractivity contribution >= 4 is 11.6 Å². The van der Waals surface area contributed by atoms with Crippen molar-refractivity contribution < 1.29 is 9.53 Å². The lowest BCUT2D eigenvalue weighted by Gasteiger charge is -2.60. The first-order chi connectivity index (χ1) is 9.91. The highest BCUT2D eigenvalue weighted by Gasteiger charge is 2.71. The van der Waals surface area contributed by atoms with Gasteiger partial charge in [-0.3, -0.25) is 4.79 Å². The van der Waals surface area contributed by atoms with Crippen molar-refractivity contribution in [1.29, 1.82) is 5.26 Å². The summed E-state index contributed by atoms with van der Waals surface area (Å²) in [4.78, 5) is 12.7. The van der Waals surface area contributed by atoms with E-state index in [0.717, 1.165) is 6.42 Å². The van der Waals surface area contributed by atoms with E-state index in [0.29, 0.717) is 17.9 Å². The summed E-state index contributed by atoms with van der Waals surface area (Å²) in [5.74, 6) is -0.102. The summed E-state index contributed by atoms with van der Waals surface area (Å²) < 4.78 is 5.70. The number of rotatable bonds is 2. The molecular formula is C16H19N3O2. The summed E-state index contributed by atoms with van der Waals surface area (Å²) in [6, 6.07) is 8.83. The minimum absolute atomic E-state index is 0.0641. The minimum Gasteiger partial charge on any atom is -0.377 e. The normalized spacial score (nSPS) is 32.7. The first-order valence-electron chi connectivity index (χ1n) is 7.13. The second-order valence-corrected chi connectivity index (χ2v) is 6.42. The van der Waals surface area contributed by atoms with E-state index in [4.69, 9.17) is 15.7 Å². The molecule has 5 heteroatoms. The molecule has 0 aromatic heterocycles. The predicted molar refractivity (Wildman–Crippen MR) is 78.3 cm³/mol. The van der Waals surface area contributed by atoms with Crippen LogP contribution in [0.1, 0.15) is 25.8 Å². The number of anilines is 1. The number of nitrogens with zero attached hydrogens (tertiary/aromatic N) is 1. The number of fused-ring (bicyclic) bond motifs is 1. The second kappa shape index (κ2) is 4.55. The summed E-state index contributed by atoms with van der Waals surface area (Å²) in [7, 11) is 0. The Bertz CT molecular complexity index is 617. The van der Waals surface area contributed by atoms with Crippen LogP contribution in [-0.2, 0) is 9.53 Å². The van der Waals surface area contributed by atoms with Gasteiger partial charge in [0.15, 0.2) is 0 Å². The van der Waals surface area contributed by atoms with Crippen molar-refractivity contribution in [2.75, 3.05) is 11.9 Å². The lowest BCUT2D eigenvalue weighted by Crippen LogP contribution is -2.79. The summed E-state index contributed by atoms with van der Waals surface area (Å²) in [5, 5.41) is 11.7. The quantitative estimate of drug-likeness (QED) is 0.864. The third kappa shape index (κ3) is 1.80. The zero-order chi connectivity index (χ0) is 15.3. The van der Waals surface area contributed by atoms with Crippen LogP contribution in [0.5, 0.6) is 0 Å². The van der Waals surface area contributed by atoms with Gasteiger partial charge < -0.3 is 15.8 Å². The van der Waals surface area contributed by atoms with Crippen LogP contribution in [0.15, 0.2) is 24.3 Å². The molecule has 1 saturated heterocycles. The number of nitriles is 1. The van der Waals surface area contributed by atoms with E-state index in [1.165, 1.54) is 0 Å². The monoisotopic (exact) mass is 285 g/mol. The highest BCUT2D eigenvalue weighted by Crippen LogP contribution is 2.58. The van der Waals surface area contributed by atoms with E-state index in [1.807, 2.05) is 19.9 Å². The lowest BCUT2D eigenvalue weighted by molar-refractivity contribution is -0.170. The summed E-state index contributed by atoms with van der Waals surface area (Å²) in [6.07, 6.45) is 0.889. The van der Waals surface area contributed by atoms with Crippen molar-refractivity contribution in [1.82, 2.24) is 0 Å². The Morgan fingerprint density at radius 3 is 2.71 bits per heavy atom. The van der Waals surface area contributed by atoms with Gasteiger partial charge in [-0.05, 0) is 30.7 Å². The van der Waals surface area contributed by atoms with Gasteiger partial charge in [0, 0.05) is 23.6 Å². The molecule has 3 atom stereocenters. The molecule has 1 saturated carbocycles. The number of nitrogens with two attached hydrogens (primary N) is 1. The maximum absolute atomic E-state index is 12.7. The van der Waals surface area contributed by atoms with Crippen LogP contribution in [0.3, 0.4) is 0 Å². The molecule has 2 fully saturated rings. The topological polar surface area (TPSA) is 88.1 Å². The Kier molecular flexibility index (Phi) is 3.05. The van der Waals surface area contributed by atoms with E-state index < -0.39 is 5.54 Å². The Hall–Kier alpha value is -1.90. The smallest absolute Gasteiger partial charge is 0.245 e. The molecule has 2 aliphatic rings. The lowest BCUT2D eigenvalue weighted by atomic mass is 9.48. The van der Waals surface area contributed by atoms with Crippen LogP contribution < -0.4 is 11.1 Å².